The largest absolute Gasteiger partial charge is 0.310 e. The minimum atomic E-state index is -0.0782. The molecular weight excluding hydrogens is 579 g/mol. The first-order valence-corrected chi connectivity index (χ1v) is 17.4. The van der Waals surface area contributed by atoms with Crippen LogP contribution in [0, 0.1) is 13.8 Å². The van der Waals surface area contributed by atoms with Gasteiger partial charge in [0.05, 0.1) is 0 Å². The third-order valence-electron chi connectivity index (χ3n) is 12.0. The fraction of sp³-hybridized carbons (Fsp3) is 0.234. The van der Waals surface area contributed by atoms with Crippen LogP contribution in [0.3, 0.4) is 0 Å². The van der Waals surface area contributed by atoms with E-state index in [-0.39, 0.29) is 16.2 Å². The van der Waals surface area contributed by atoms with Crippen molar-refractivity contribution in [3.8, 4) is 33.4 Å². The van der Waals surface area contributed by atoms with Crippen LogP contribution < -0.4 is 4.90 Å². The first-order chi connectivity index (χ1) is 22.9. The molecule has 6 aromatic rings. The van der Waals surface area contributed by atoms with Crippen LogP contribution in [-0.4, -0.2) is 0 Å². The van der Waals surface area contributed by atoms with Crippen molar-refractivity contribution in [3.05, 3.63) is 160 Å². The highest BCUT2D eigenvalue weighted by atomic mass is 15.1. The number of rotatable bonds is 3. The number of aryl methyl sites for hydroxylation is 2. The molecule has 0 atom stereocenters. The second-order valence-corrected chi connectivity index (χ2v) is 16.0. The van der Waals surface area contributed by atoms with E-state index < -0.39 is 0 Å². The molecule has 0 radical (unpaired) electrons. The van der Waals surface area contributed by atoms with Crippen LogP contribution in [-0.2, 0) is 16.2 Å². The van der Waals surface area contributed by atoms with Crippen molar-refractivity contribution >= 4 is 17.1 Å². The van der Waals surface area contributed by atoms with E-state index in [1.54, 1.807) is 0 Å². The Kier molecular flexibility index (Phi) is 5.86. The Labute approximate surface area is 285 Å². The van der Waals surface area contributed by atoms with Crippen molar-refractivity contribution in [2.24, 2.45) is 0 Å². The van der Waals surface area contributed by atoms with Gasteiger partial charge in [-0.25, -0.2) is 0 Å². The van der Waals surface area contributed by atoms with Crippen LogP contribution in [0.1, 0.15) is 86.1 Å². The predicted octanol–water partition coefficient (Wildman–Crippen LogP) is 12.7. The molecule has 0 aliphatic heterocycles. The van der Waals surface area contributed by atoms with Crippen molar-refractivity contribution in [1.29, 1.82) is 0 Å². The first kappa shape index (κ1) is 29.3. The maximum absolute atomic E-state index is 2.50. The second-order valence-electron chi connectivity index (χ2n) is 16.0. The maximum atomic E-state index is 2.50. The first-order valence-electron chi connectivity index (χ1n) is 17.4. The Morgan fingerprint density at radius 2 is 0.708 bits per heavy atom. The standard InChI is InChI=1S/C47H43N/c1-28-13-18-35-37-25-30(16-21-40(37)46(5,6)42(35)23-28)48(32-15-20-34-33-11-9-10-12-39(33)45(3,4)44(34)27-32)31-17-22-41-38(26-31)36-19-14-29(2)24-43(36)47(41,7)8/h9-27H,1-8H3. The van der Waals surface area contributed by atoms with Crippen LogP contribution in [0.5, 0.6) is 0 Å². The van der Waals surface area contributed by atoms with Gasteiger partial charge in [-0.1, -0.05) is 132 Å². The fourth-order valence-electron chi connectivity index (χ4n) is 9.27. The predicted molar refractivity (Wildman–Crippen MR) is 203 cm³/mol. The van der Waals surface area contributed by atoms with Crippen LogP contribution in [0.25, 0.3) is 33.4 Å². The molecule has 6 aromatic carbocycles. The zero-order valence-corrected chi connectivity index (χ0v) is 29.4. The highest BCUT2D eigenvalue weighted by Gasteiger charge is 2.39. The molecule has 0 unspecified atom stereocenters. The summed E-state index contributed by atoms with van der Waals surface area (Å²) in [4.78, 5) is 2.50. The van der Waals surface area contributed by atoms with Crippen molar-refractivity contribution in [2.75, 3.05) is 4.90 Å². The zero-order chi connectivity index (χ0) is 33.3. The van der Waals surface area contributed by atoms with Gasteiger partial charge in [-0.2, -0.15) is 0 Å². The number of benzene rings is 6. The summed E-state index contributed by atoms with van der Waals surface area (Å²) in [5.41, 5.74) is 22.6. The summed E-state index contributed by atoms with van der Waals surface area (Å²) in [6, 6.07) is 44.4. The van der Waals surface area contributed by atoms with E-state index in [1.807, 2.05) is 0 Å². The summed E-state index contributed by atoms with van der Waals surface area (Å²) >= 11 is 0. The minimum absolute atomic E-state index is 0.0373. The zero-order valence-electron chi connectivity index (χ0n) is 29.4. The molecule has 0 saturated carbocycles. The van der Waals surface area contributed by atoms with Gasteiger partial charge in [0.25, 0.3) is 0 Å². The van der Waals surface area contributed by atoms with Gasteiger partial charge >= 0.3 is 0 Å². The number of hydrogen-bond acceptors (Lipinski definition) is 1. The molecule has 0 saturated heterocycles. The average molecular weight is 622 g/mol. The lowest BCUT2D eigenvalue weighted by Gasteiger charge is -2.30. The lowest BCUT2D eigenvalue weighted by molar-refractivity contribution is 0.659. The molecule has 236 valence electrons. The van der Waals surface area contributed by atoms with Gasteiger partial charge < -0.3 is 4.90 Å². The SMILES string of the molecule is Cc1ccc2c(c1)C(C)(C)c1ccc(N(c3ccc4c(c3)-c3ccc(C)cc3C4(C)C)c3ccc4c(c3)C(C)(C)c3ccccc3-4)cc1-2. The van der Waals surface area contributed by atoms with Crippen LogP contribution in [0.15, 0.2) is 115 Å². The van der Waals surface area contributed by atoms with Crippen molar-refractivity contribution in [1.82, 2.24) is 0 Å². The van der Waals surface area contributed by atoms with E-state index in [9.17, 15) is 0 Å². The molecule has 1 nitrogen and oxygen atoms in total. The third kappa shape index (κ3) is 3.85. The van der Waals surface area contributed by atoms with Gasteiger partial charge in [0.15, 0.2) is 0 Å². The molecule has 0 spiro atoms. The minimum Gasteiger partial charge on any atom is -0.310 e. The molecule has 48 heavy (non-hydrogen) atoms. The Balaban J connectivity index is 1.27. The Morgan fingerprint density at radius 1 is 0.333 bits per heavy atom. The number of anilines is 3. The Hall–Kier alpha value is -4.88. The van der Waals surface area contributed by atoms with Gasteiger partial charge in [-0.05, 0) is 117 Å². The molecule has 3 aliphatic rings. The van der Waals surface area contributed by atoms with E-state index in [0.29, 0.717) is 0 Å². The summed E-state index contributed by atoms with van der Waals surface area (Å²) in [7, 11) is 0. The average Bonchev–Trinajstić information content (AvgIpc) is 3.53. The Bertz CT molecular complexity index is 2230. The topological polar surface area (TPSA) is 3.24 Å². The van der Waals surface area contributed by atoms with Gasteiger partial charge in [-0.3, -0.25) is 0 Å². The smallest absolute Gasteiger partial charge is 0.0468 e. The van der Waals surface area contributed by atoms with Crippen molar-refractivity contribution in [2.45, 2.75) is 71.6 Å². The van der Waals surface area contributed by atoms with Gasteiger partial charge in [-0.15, -0.1) is 0 Å². The van der Waals surface area contributed by atoms with Crippen molar-refractivity contribution < 1.29 is 0 Å². The lowest BCUT2D eigenvalue weighted by atomic mass is 9.81. The monoisotopic (exact) mass is 621 g/mol. The molecule has 0 heterocycles. The summed E-state index contributed by atoms with van der Waals surface area (Å²) in [6.07, 6.45) is 0. The summed E-state index contributed by atoms with van der Waals surface area (Å²) in [5.74, 6) is 0. The van der Waals surface area contributed by atoms with Crippen LogP contribution >= 0.6 is 0 Å². The number of fused-ring (bicyclic) bond motifs is 9. The molecule has 0 bridgehead atoms. The Morgan fingerprint density at radius 3 is 1.25 bits per heavy atom. The second kappa shape index (κ2) is 9.60. The number of nitrogens with zero attached hydrogens (tertiary/aromatic N) is 1. The van der Waals surface area contributed by atoms with Gasteiger partial charge in [0.2, 0.25) is 0 Å². The summed E-state index contributed by atoms with van der Waals surface area (Å²) < 4.78 is 0. The molecule has 3 aliphatic carbocycles. The summed E-state index contributed by atoms with van der Waals surface area (Å²) in [6.45, 7) is 18.6. The molecule has 9 rings (SSSR count). The van der Waals surface area contributed by atoms with E-state index >= 15 is 0 Å². The molecule has 0 fully saturated rings. The van der Waals surface area contributed by atoms with E-state index in [1.165, 1.54) is 95.0 Å². The highest BCUT2D eigenvalue weighted by Crippen LogP contribution is 2.55. The number of hydrogen-bond donors (Lipinski definition) is 0. The van der Waals surface area contributed by atoms with E-state index in [2.05, 4.69) is 176 Å². The fourth-order valence-corrected chi connectivity index (χ4v) is 9.27. The molecule has 0 amide bonds. The van der Waals surface area contributed by atoms with E-state index in [4.69, 9.17) is 0 Å². The molecule has 0 aromatic heterocycles. The lowest BCUT2D eigenvalue weighted by Crippen LogP contribution is -2.17. The van der Waals surface area contributed by atoms with Crippen LogP contribution in [0.4, 0.5) is 17.1 Å². The van der Waals surface area contributed by atoms with Gasteiger partial charge in [0.1, 0.15) is 0 Å². The third-order valence-corrected chi connectivity index (χ3v) is 12.0. The molecule has 1 heteroatoms. The molecule has 0 N–H and O–H groups in total. The normalized spacial score (nSPS) is 16.4. The highest BCUT2D eigenvalue weighted by molar-refractivity contribution is 5.91. The molecular formula is C47H43N. The van der Waals surface area contributed by atoms with Gasteiger partial charge in [0, 0.05) is 33.3 Å². The van der Waals surface area contributed by atoms with Crippen LogP contribution in [0.2, 0.25) is 0 Å². The summed E-state index contributed by atoms with van der Waals surface area (Å²) in [5, 5.41) is 0. The quantitative estimate of drug-likeness (QED) is 0.190. The van der Waals surface area contributed by atoms with E-state index in [0.717, 1.165) is 0 Å². The maximum Gasteiger partial charge on any atom is 0.0468 e. The van der Waals surface area contributed by atoms with Crippen molar-refractivity contribution in [3.63, 3.8) is 0 Å².